The Labute approximate surface area is 122 Å². The fraction of sp³-hybridized carbons (Fsp3) is 0.182. The minimum atomic E-state index is 0.344. The highest BCUT2D eigenvalue weighted by molar-refractivity contribution is 9.10. The Bertz CT molecular complexity index is 706. The number of aromatic nitrogens is 6. The largest absolute Gasteiger partial charge is 0.337 e. The zero-order valence-corrected chi connectivity index (χ0v) is 11.9. The molecule has 8 nitrogen and oxygen atoms in total. The van der Waals surface area contributed by atoms with E-state index in [0.717, 1.165) is 4.47 Å². The van der Waals surface area contributed by atoms with Crippen LogP contribution in [0.1, 0.15) is 11.6 Å². The first-order valence-corrected chi connectivity index (χ1v) is 6.57. The molecule has 9 heteroatoms. The Morgan fingerprint density at radius 1 is 1.35 bits per heavy atom. The van der Waals surface area contributed by atoms with Crippen LogP contribution in [-0.2, 0) is 13.1 Å². The van der Waals surface area contributed by atoms with Crippen molar-refractivity contribution in [1.29, 1.82) is 0 Å². The van der Waals surface area contributed by atoms with E-state index in [-0.39, 0.29) is 0 Å². The van der Waals surface area contributed by atoms with E-state index in [1.165, 1.54) is 0 Å². The average Bonchev–Trinajstić information content (AvgIpc) is 3.09. The molecule has 0 saturated heterocycles. The van der Waals surface area contributed by atoms with Crippen LogP contribution in [0.4, 0.5) is 0 Å². The van der Waals surface area contributed by atoms with Crippen LogP contribution in [0.2, 0.25) is 0 Å². The summed E-state index contributed by atoms with van der Waals surface area (Å²) in [5.41, 5.74) is 6.82. The summed E-state index contributed by atoms with van der Waals surface area (Å²) >= 11 is 3.32. The molecule has 0 amide bonds. The quantitative estimate of drug-likeness (QED) is 0.757. The van der Waals surface area contributed by atoms with Gasteiger partial charge in [0.2, 0.25) is 11.7 Å². The van der Waals surface area contributed by atoms with Gasteiger partial charge in [-0.3, -0.25) is 4.98 Å². The van der Waals surface area contributed by atoms with Crippen molar-refractivity contribution >= 4 is 15.9 Å². The first-order chi connectivity index (χ1) is 9.74. The molecule has 2 N–H and O–H groups in total. The Hall–Kier alpha value is -2.13. The van der Waals surface area contributed by atoms with Gasteiger partial charge in [0.25, 0.3) is 0 Å². The lowest BCUT2D eigenvalue weighted by atomic mass is 10.3. The number of pyridine rings is 1. The zero-order chi connectivity index (χ0) is 13.9. The molecule has 102 valence electrons. The van der Waals surface area contributed by atoms with Crippen LogP contribution >= 0.6 is 15.9 Å². The second-order valence-electron chi connectivity index (χ2n) is 3.98. The molecule has 0 saturated carbocycles. The number of hydrogen-bond acceptors (Lipinski definition) is 7. The van der Waals surface area contributed by atoms with Crippen molar-refractivity contribution in [3.05, 3.63) is 40.6 Å². The average molecular weight is 336 g/mol. The number of nitrogens with two attached hydrogens (primary N) is 1. The molecule has 0 aliphatic carbocycles. The molecule has 0 aromatic carbocycles. The molecule has 3 aromatic rings. The third-order valence-electron chi connectivity index (χ3n) is 2.52. The predicted octanol–water partition coefficient (Wildman–Crippen LogP) is 0.993. The molecule has 0 atom stereocenters. The Morgan fingerprint density at radius 3 is 2.95 bits per heavy atom. The lowest BCUT2D eigenvalue weighted by Gasteiger charge is -1.93. The topological polar surface area (TPSA) is 109 Å². The van der Waals surface area contributed by atoms with Gasteiger partial charge in [-0.25, -0.2) is 4.68 Å². The highest BCUT2D eigenvalue weighted by atomic mass is 79.9. The van der Waals surface area contributed by atoms with Crippen molar-refractivity contribution in [3.63, 3.8) is 0 Å². The Kier molecular flexibility index (Phi) is 3.52. The maximum Gasteiger partial charge on any atom is 0.248 e. The summed E-state index contributed by atoms with van der Waals surface area (Å²) in [6.07, 6.45) is 3.41. The van der Waals surface area contributed by atoms with E-state index in [1.807, 2.05) is 6.07 Å². The summed E-state index contributed by atoms with van der Waals surface area (Å²) in [6, 6.07) is 3.67. The monoisotopic (exact) mass is 335 g/mol. The Balaban J connectivity index is 1.78. The summed E-state index contributed by atoms with van der Waals surface area (Å²) in [6.45, 7) is 0.689. The van der Waals surface area contributed by atoms with Gasteiger partial charge >= 0.3 is 0 Å². The highest BCUT2D eigenvalue weighted by Crippen LogP contribution is 2.16. The first kappa shape index (κ1) is 12.9. The minimum Gasteiger partial charge on any atom is -0.337 e. The van der Waals surface area contributed by atoms with Crippen LogP contribution in [0.5, 0.6) is 0 Å². The summed E-state index contributed by atoms with van der Waals surface area (Å²) in [4.78, 5) is 8.47. The lowest BCUT2D eigenvalue weighted by molar-refractivity contribution is 0.364. The maximum absolute atomic E-state index is 5.47. The van der Waals surface area contributed by atoms with Gasteiger partial charge in [0.1, 0.15) is 12.2 Å². The molecule has 3 aromatic heterocycles. The molecular weight excluding hydrogens is 326 g/mol. The molecule has 0 bridgehead atoms. The van der Waals surface area contributed by atoms with Gasteiger partial charge in [-0.15, -0.1) is 5.10 Å². The van der Waals surface area contributed by atoms with E-state index in [9.17, 15) is 0 Å². The highest BCUT2D eigenvalue weighted by Gasteiger charge is 2.11. The number of rotatable bonds is 4. The molecule has 20 heavy (non-hydrogen) atoms. The molecular formula is C11H10BrN7O. The van der Waals surface area contributed by atoms with E-state index in [0.29, 0.717) is 36.2 Å². The Morgan fingerprint density at radius 2 is 2.25 bits per heavy atom. The predicted molar refractivity (Wildman–Crippen MR) is 72.2 cm³/mol. The normalized spacial score (nSPS) is 10.9. The van der Waals surface area contributed by atoms with Crippen molar-refractivity contribution in [2.45, 2.75) is 13.1 Å². The van der Waals surface area contributed by atoms with Crippen molar-refractivity contribution in [2.24, 2.45) is 5.73 Å². The van der Waals surface area contributed by atoms with Crippen LogP contribution in [0.3, 0.4) is 0 Å². The van der Waals surface area contributed by atoms with Gasteiger partial charge in [-0.2, -0.15) is 4.98 Å². The van der Waals surface area contributed by atoms with E-state index >= 15 is 0 Å². The van der Waals surface area contributed by atoms with E-state index in [2.05, 4.69) is 41.4 Å². The van der Waals surface area contributed by atoms with Gasteiger partial charge in [0, 0.05) is 17.2 Å². The van der Waals surface area contributed by atoms with Crippen LogP contribution < -0.4 is 5.73 Å². The third-order valence-corrected chi connectivity index (χ3v) is 2.99. The van der Waals surface area contributed by atoms with Gasteiger partial charge in [0.05, 0.1) is 11.9 Å². The number of hydrogen-bond donors (Lipinski definition) is 1. The summed E-state index contributed by atoms with van der Waals surface area (Å²) in [5.74, 6) is 0.866. The summed E-state index contributed by atoms with van der Waals surface area (Å²) in [7, 11) is 0. The van der Waals surface area contributed by atoms with E-state index < -0.39 is 0 Å². The summed E-state index contributed by atoms with van der Waals surface area (Å²) < 4.78 is 7.65. The fourth-order valence-corrected chi connectivity index (χ4v) is 1.81. The van der Waals surface area contributed by atoms with Crippen molar-refractivity contribution in [3.8, 4) is 11.5 Å². The molecule has 0 aliphatic rings. The van der Waals surface area contributed by atoms with Gasteiger partial charge < -0.3 is 10.3 Å². The standard InChI is InChI=1S/C11H10BrN7O/c12-7-1-2-9(14-4-7)11-15-10(20-17-11)6-19-5-8(3-13)16-18-19/h1-2,4-5H,3,6,13H2. The van der Waals surface area contributed by atoms with Gasteiger partial charge in [0.15, 0.2) is 0 Å². The van der Waals surface area contributed by atoms with Crippen LogP contribution in [0, 0.1) is 0 Å². The van der Waals surface area contributed by atoms with Crippen molar-refractivity contribution < 1.29 is 4.52 Å². The smallest absolute Gasteiger partial charge is 0.248 e. The number of halogens is 1. The molecule has 0 aliphatic heterocycles. The first-order valence-electron chi connectivity index (χ1n) is 5.78. The lowest BCUT2D eigenvalue weighted by Crippen LogP contribution is -2.01. The third kappa shape index (κ3) is 2.73. The van der Waals surface area contributed by atoms with Crippen LogP contribution in [0.15, 0.2) is 33.5 Å². The summed E-state index contributed by atoms with van der Waals surface area (Å²) in [5, 5.41) is 11.7. The maximum atomic E-state index is 5.47. The second-order valence-corrected chi connectivity index (χ2v) is 4.90. The van der Waals surface area contributed by atoms with Crippen molar-refractivity contribution in [2.75, 3.05) is 0 Å². The SMILES string of the molecule is NCc1cn(Cc2nc(-c3ccc(Br)cn3)no2)nn1. The second kappa shape index (κ2) is 5.47. The minimum absolute atomic E-state index is 0.344. The van der Waals surface area contributed by atoms with E-state index in [1.54, 1.807) is 23.1 Å². The molecule has 3 heterocycles. The molecule has 0 radical (unpaired) electrons. The van der Waals surface area contributed by atoms with Crippen LogP contribution in [-0.4, -0.2) is 30.1 Å². The van der Waals surface area contributed by atoms with Gasteiger partial charge in [-0.1, -0.05) is 10.4 Å². The van der Waals surface area contributed by atoms with Crippen LogP contribution in [0.25, 0.3) is 11.5 Å². The molecule has 3 rings (SSSR count). The van der Waals surface area contributed by atoms with E-state index in [4.69, 9.17) is 10.3 Å². The fourth-order valence-electron chi connectivity index (χ4n) is 1.58. The number of nitrogens with zero attached hydrogens (tertiary/aromatic N) is 6. The molecule has 0 spiro atoms. The molecule has 0 fully saturated rings. The van der Waals surface area contributed by atoms with Crippen molar-refractivity contribution in [1.82, 2.24) is 30.1 Å². The van der Waals surface area contributed by atoms with Gasteiger partial charge in [-0.05, 0) is 28.1 Å². The zero-order valence-electron chi connectivity index (χ0n) is 10.3. The molecule has 0 unspecified atom stereocenters.